The van der Waals surface area contributed by atoms with Crippen LogP contribution in [0.15, 0.2) is 0 Å². The van der Waals surface area contributed by atoms with Crippen LogP contribution in [-0.2, 0) is 0 Å². The summed E-state index contributed by atoms with van der Waals surface area (Å²) >= 11 is 0. The summed E-state index contributed by atoms with van der Waals surface area (Å²) in [7, 11) is 2.82. The quantitative estimate of drug-likeness (QED) is 0.491. The molecule has 0 bridgehead atoms. The Morgan fingerprint density at radius 3 is 1.50 bits per heavy atom. The Morgan fingerprint density at radius 2 is 1.50 bits per heavy atom. The summed E-state index contributed by atoms with van der Waals surface area (Å²) in [6.07, 6.45) is -1.16. The van der Waals surface area contributed by atoms with Crippen LogP contribution in [0.2, 0.25) is 0 Å². The molecule has 0 aliphatic rings. The SMILES string of the molecule is CN(C)C(=O)[O-].Cl.Cl. The van der Waals surface area contributed by atoms with Gasteiger partial charge in [0.2, 0.25) is 0 Å². The van der Waals surface area contributed by atoms with Crippen LogP contribution in [-0.4, -0.2) is 25.1 Å². The van der Waals surface area contributed by atoms with E-state index in [0.29, 0.717) is 0 Å². The fourth-order valence-corrected chi connectivity index (χ4v) is 0. The van der Waals surface area contributed by atoms with Gasteiger partial charge in [0.15, 0.2) is 0 Å². The maximum absolute atomic E-state index is 9.51. The molecule has 0 fully saturated rings. The molecular weight excluding hydrogens is 153 g/mol. The molecule has 0 aromatic heterocycles. The minimum atomic E-state index is -1.16. The first-order valence-corrected chi connectivity index (χ1v) is 1.53. The minimum absolute atomic E-state index is 0. The van der Waals surface area contributed by atoms with Gasteiger partial charge in [0.1, 0.15) is 6.09 Å². The number of amides is 1. The molecule has 52 valence electrons. The van der Waals surface area contributed by atoms with Crippen LogP contribution in [0.3, 0.4) is 0 Å². The highest BCUT2D eigenvalue weighted by atomic mass is 35.5. The number of hydrogen-bond donors (Lipinski definition) is 0. The van der Waals surface area contributed by atoms with Crippen LogP contribution in [0.4, 0.5) is 4.79 Å². The second-order valence-corrected chi connectivity index (χ2v) is 1.16. The lowest BCUT2D eigenvalue weighted by Crippen LogP contribution is -2.35. The Hall–Kier alpha value is -0.150. The summed E-state index contributed by atoms with van der Waals surface area (Å²) in [5, 5.41) is 9.51. The first-order chi connectivity index (χ1) is 2.64. The molecule has 0 radical (unpaired) electrons. The smallest absolute Gasteiger partial charge is 0.136 e. The van der Waals surface area contributed by atoms with Gasteiger partial charge in [0.25, 0.3) is 0 Å². The van der Waals surface area contributed by atoms with Crippen LogP contribution in [0.1, 0.15) is 0 Å². The van der Waals surface area contributed by atoms with Gasteiger partial charge < -0.3 is 14.8 Å². The van der Waals surface area contributed by atoms with E-state index in [2.05, 4.69) is 0 Å². The molecule has 0 aromatic carbocycles. The van der Waals surface area contributed by atoms with Crippen LogP contribution in [0, 0.1) is 0 Å². The molecule has 0 aliphatic heterocycles. The molecule has 0 spiro atoms. The van der Waals surface area contributed by atoms with Crippen molar-refractivity contribution in [2.24, 2.45) is 0 Å². The second kappa shape index (κ2) is 6.85. The number of halogens is 2. The van der Waals surface area contributed by atoms with Gasteiger partial charge in [-0.2, -0.15) is 0 Å². The molecule has 3 nitrogen and oxygen atoms in total. The van der Waals surface area contributed by atoms with Gasteiger partial charge in [-0.1, -0.05) is 0 Å². The summed E-state index contributed by atoms with van der Waals surface area (Å²) < 4.78 is 0. The normalized spacial score (nSPS) is 5.75. The van der Waals surface area contributed by atoms with E-state index in [-0.39, 0.29) is 24.8 Å². The second-order valence-electron chi connectivity index (χ2n) is 1.16. The van der Waals surface area contributed by atoms with Crippen molar-refractivity contribution in [3.8, 4) is 0 Å². The van der Waals surface area contributed by atoms with E-state index in [1.165, 1.54) is 14.1 Å². The van der Waals surface area contributed by atoms with Gasteiger partial charge in [-0.15, -0.1) is 24.8 Å². The molecule has 5 heteroatoms. The van der Waals surface area contributed by atoms with Gasteiger partial charge >= 0.3 is 0 Å². The fourth-order valence-electron chi connectivity index (χ4n) is 0. The Bertz CT molecular complexity index is 66.3. The van der Waals surface area contributed by atoms with Crippen LogP contribution in [0.25, 0.3) is 0 Å². The van der Waals surface area contributed by atoms with E-state index < -0.39 is 6.09 Å². The lowest BCUT2D eigenvalue weighted by Gasteiger charge is -2.10. The van der Waals surface area contributed by atoms with Crippen molar-refractivity contribution in [1.82, 2.24) is 4.90 Å². The van der Waals surface area contributed by atoms with E-state index in [9.17, 15) is 9.90 Å². The number of hydrogen-bond acceptors (Lipinski definition) is 2. The van der Waals surface area contributed by atoms with Gasteiger partial charge in [-0.3, -0.25) is 0 Å². The highest BCUT2D eigenvalue weighted by Gasteiger charge is 1.78. The fraction of sp³-hybridized carbons (Fsp3) is 0.667. The molecule has 1 amide bonds. The topological polar surface area (TPSA) is 43.4 Å². The maximum Gasteiger partial charge on any atom is 0.136 e. The lowest BCUT2D eigenvalue weighted by molar-refractivity contribution is -0.262. The molecule has 0 aliphatic carbocycles. The van der Waals surface area contributed by atoms with Gasteiger partial charge in [0, 0.05) is 14.1 Å². The van der Waals surface area contributed by atoms with Crippen LogP contribution < -0.4 is 5.11 Å². The highest BCUT2D eigenvalue weighted by Crippen LogP contribution is 1.64. The van der Waals surface area contributed by atoms with E-state index >= 15 is 0 Å². The molecule has 0 rings (SSSR count). The van der Waals surface area contributed by atoms with Crippen molar-refractivity contribution in [2.45, 2.75) is 0 Å². The van der Waals surface area contributed by atoms with Crippen molar-refractivity contribution in [2.75, 3.05) is 14.1 Å². The third kappa shape index (κ3) is 9.28. The van der Waals surface area contributed by atoms with Gasteiger partial charge in [-0.25, -0.2) is 0 Å². The standard InChI is InChI=1S/C3H7NO2.2ClH/c1-4(2)3(5)6;;/h1-2H3,(H,5,6);2*1H/p-1. The minimum Gasteiger partial charge on any atom is -0.530 e. The van der Waals surface area contributed by atoms with Crippen LogP contribution in [0.5, 0.6) is 0 Å². The number of carbonyl (C=O) groups is 1. The number of carbonyl (C=O) groups excluding carboxylic acids is 1. The first kappa shape index (κ1) is 15.7. The highest BCUT2D eigenvalue weighted by molar-refractivity contribution is 5.85. The average Bonchev–Trinajstić information content (AvgIpc) is 1.36. The molecule has 0 N–H and O–H groups in total. The molecule has 0 atom stereocenters. The molecule has 0 saturated carbocycles. The summed E-state index contributed by atoms with van der Waals surface area (Å²) in [5.41, 5.74) is 0. The number of nitrogens with zero attached hydrogens (tertiary/aromatic N) is 1. The van der Waals surface area contributed by atoms with E-state index in [4.69, 9.17) is 0 Å². The average molecular weight is 161 g/mol. The number of carboxylic acid groups (broad SMARTS) is 1. The zero-order valence-electron chi connectivity index (χ0n) is 4.58. The van der Waals surface area contributed by atoms with Gasteiger partial charge in [-0.05, 0) is 0 Å². The molecule has 8 heavy (non-hydrogen) atoms. The lowest BCUT2D eigenvalue weighted by atomic mass is 10.9. The van der Waals surface area contributed by atoms with Crippen molar-refractivity contribution in [1.29, 1.82) is 0 Å². The predicted molar refractivity (Wildman–Crippen MR) is 33.6 cm³/mol. The van der Waals surface area contributed by atoms with Crippen molar-refractivity contribution < 1.29 is 9.90 Å². The first-order valence-electron chi connectivity index (χ1n) is 1.53. The Labute approximate surface area is 60.5 Å². The Morgan fingerprint density at radius 1 is 1.38 bits per heavy atom. The maximum atomic E-state index is 9.51. The zero-order chi connectivity index (χ0) is 5.15. The summed E-state index contributed by atoms with van der Waals surface area (Å²) in [6, 6.07) is 0. The zero-order valence-corrected chi connectivity index (χ0v) is 6.21. The summed E-state index contributed by atoms with van der Waals surface area (Å²) in [5.74, 6) is 0. The largest absolute Gasteiger partial charge is 0.530 e. The van der Waals surface area contributed by atoms with E-state index in [1.807, 2.05) is 0 Å². The third-order valence-electron chi connectivity index (χ3n) is 0.365. The molecule has 0 unspecified atom stereocenters. The molecule has 0 saturated heterocycles. The molecule has 0 heterocycles. The van der Waals surface area contributed by atoms with Gasteiger partial charge in [0.05, 0.1) is 0 Å². The van der Waals surface area contributed by atoms with Crippen LogP contribution >= 0.6 is 24.8 Å². The monoisotopic (exact) mass is 160 g/mol. The van der Waals surface area contributed by atoms with Crippen molar-refractivity contribution in [3.63, 3.8) is 0 Å². The Kier molecular flexibility index (Phi) is 13.4. The Balaban J connectivity index is -0.000000125. The summed E-state index contributed by atoms with van der Waals surface area (Å²) in [4.78, 5) is 10.5. The molecular formula is C3H8Cl2NO2-. The van der Waals surface area contributed by atoms with Crippen molar-refractivity contribution >= 4 is 30.9 Å². The molecule has 0 aromatic rings. The van der Waals surface area contributed by atoms with Crippen molar-refractivity contribution in [3.05, 3.63) is 0 Å². The van der Waals surface area contributed by atoms with E-state index in [1.54, 1.807) is 0 Å². The third-order valence-corrected chi connectivity index (χ3v) is 0.365. The number of rotatable bonds is 0. The van der Waals surface area contributed by atoms with E-state index in [0.717, 1.165) is 4.90 Å². The predicted octanol–water partition coefficient (Wildman–Crippen LogP) is -0.265. The summed E-state index contributed by atoms with van der Waals surface area (Å²) in [6.45, 7) is 0.